The molecule has 0 spiro atoms. The minimum absolute atomic E-state index is 0.495. The Balaban J connectivity index is 1.98. The summed E-state index contributed by atoms with van der Waals surface area (Å²) < 4.78 is 13.9. The molecule has 4 nitrogen and oxygen atoms in total. The van der Waals surface area contributed by atoms with Crippen molar-refractivity contribution in [2.75, 3.05) is 6.54 Å². The Labute approximate surface area is 131 Å². The fourth-order valence-electron chi connectivity index (χ4n) is 2.07. The molecule has 22 heavy (non-hydrogen) atoms. The minimum atomic E-state index is -0.495. The van der Waals surface area contributed by atoms with E-state index in [0.717, 1.165) is 33.0 Å². The highest BCUT2D eigenvalue weighted by Crippen LogP contribution is 2.29. The van der Waals surface area contributed by atoms with Gasteiger partial charge in [0.25, 0.3) is 0 Å². The van der Waals surface area contributed by atoms with E-state index in [9.17, 15) is 4.39 Å². The van der Waals surface area contributed by atoms with Gasteiger partial charge >= 0.3 is 0 Å². The summed E-state index contributed by atoms with van der Waals surface area (Å²) in [6, 6.07) is 7.00. The number of rotatable bonds is 4. The summed E-state index contributed by atoms with van der Waals surface area (Å²) in [5, 5.41) is 0.788. The van der Waals surface area contributed by atoms with Crippen LogP contribution >= 0.6 is 11.3 Å². The van der Waals surface area contributed by atoms with E-state index in [1.807, 2.05) is 19.1 Å². The smallest absolute Gasteiger partial charge is 0.212 e. The van der Waals surface area contributed by atoms with E-state index in [1.165, 1.54) is 23.6 Å². The number of hydrogen-bond donors (Lipinski definition) is 1. The first kappa shape index (κ1) is 14.7. The minimum Gasteiger partial charge on any atom is -0.330 e. The molecule has 0 saturated heterocycles. The molecule has 3 aromatic heterocycles. The zero-order valence-corrected chi connectivity index (χ0v) is 12.9. The van der Waals surface area contributed by atoms with Crippen LogP contribution in [0.15, 0.2) is 36.5 Å². The fraction of sp³-hybridized carbons (Fsp3) is 0.188. The number of nitrogens with zero attached hydrogens (tertiary/aromatic N) is 3. The molecule has 112 valence electrons. The number of nitrogens with two attached hydrogens (primary N) is 1. The zero-order chi connectivity index (χ0) is 15.5. The molecule has 0 radical (unpaired) electrons. The van der Waals surface area contributed by atoms with Gasteiger partial charge in [-0.25, -0.2) is 15.0 Å². The highest BCUT2D eigenvalue weighted by atomic mass is 32.1. The monoisotopic (exact) mass is 314 g/mol. The number of pyridine rings is 2. The molecule has 2 N–H and O–H groups in total. The molecule has 0 aromatic carbocycles. The third kappa shape index (κ3) is 3.03. The number of allylic oxidation sites excluding steroid dienone is 1. The van der Waals surface area contributed by atoms with Crippen LogP contribution in [0.1, 0.15) is 19.0 Å². The van der Waals surface area contributed by atoms with Crippen LogP contribution < -0.4 is 5.73 Å². The standard InChI is InChI=1S/C16H15FN4S/c1-10(3-2-8-18)12-5-6-13-15(20-12)21-16(22-13)11-4-7-14(17)19-9-11/h3-7,9H,2,8,18H2,1H3/b10-3+. The molecule has 0 unspecified atom stereocenters. The van der Waals surface area contributed by atoms with Gasteiger partial charge in [0.05, 0.1) is 10.4 Å². The van der Waals surface area contributed by atoms with Crippen molar-refractivity contribution in [2.24, 2.45) is 5.73 Å². The van der Waals surface area contributed by atoms with Crippen LogP contribution in [0.2, 0.25) is 0 Å². The second-order valence-electron chi connectivity index (χ2n) is 4.87. The first-order valence-electron chi connectivity index (χ1n) is 6.94. The molecule has 3 heterocycles. The first-order valence-corrected chi connectivity index (χ1v) is 7.76. The van der Waals surface area contributed by atoms with E-state index in [-0.39, 0.29) is 0 Å². The topological polar surface area (TPSA) is 64.7 Å². The van der Waals surface area contributed by atoms with Crippen LogP contribution in [0.3, 0.4) is 0 Å². The van der Waals surface area contributed by atoms with Gasteiger partial charge in [-0.2, -0.15) is 4.39 Å². The van der Waals surface area contributed by atoms with Crippen molar-refractivity contribution in [2.45, 2.75) is 13.3 Å². The van der Waals surface area contributed by atoms with Crippen molar-refractivity contribution in [1.82, 2.24) is 15.0 Å². The lowest BCUT2D eigenvalue weighted by atomic mass is 10.1. The molecule has 3 aromatic rings. The van der Waals surface area contributed by atoms with Crippen molar-refractivity contribution in [3.05, 3.63) is 48.2 Å². The highest BCUT2D eigenvalue weighted by Gasteiger charge is 2.09. The van der Waals surface area contributed by atoms with Gasteiger partial charge in [0.1, 0.15) is 5.01 Å². The van der Waals surface area contributed by atoms with Gasteiger partial charge in [0.15, 0.2) is 5.65 Å². The Kier molecular flexibility index (Phi) is 4.22. The van der Waals surface area contributed by atoms with E-state index >= 15 is 0 Å². The molecular weight excluding hydrogens is 299 g/mol. The van der Waals surface area contributed by atoms with Gasteiger partial charge in [-0.15, -0.1) is 11.3 Å². The van der Waals surface area contributed by atoms with E-state index in [4.69, 9.17) is 5.73 Å². The molecule has 0 saturated carbocycles. The lowest BCUT2D eigenvalue weighted by Gasteiger charge is -1.99. The molecule has 0 aliphatic carbocycles. The number of halogens is 1. The Morgan fingerprint density at radius 2 is 2.14 bits per heavy atom. The van der Waals surface area contributed by atoms with Crippen LogP contribution in [0.25, 0.3) is 26.5 Å². The fourth-order valence-corrected chi connectivity index (χ4v) is 2.97. The highest BCUT2D eigenvalue weighted by molar-refractivity contribution is 7.21. The molecule has 3 rings (SSSR count). The Morgan fingerprint density at radius 3 is 2.86 bits per heavy atom. The maximum absolute atomic E-state index is 12.9. The second kappa shape index (κ2) is 6.29. The molecule has 0 atom stereocenters. The van der Waals surface area contributed by atoms with Crippen molar-refractivity contribution < 1.29 is 4.39 Å². The van der Waals surface area contributed by atoms with Crippen LogP contribution in [0.5, 0.6) is 0 Å². The largest absolute Gasteiger partial charge is 0.330 e. The summed E-state index contributed by atoms with van der Waals surface area (Å²) in [4.78, 5) is 12.8. The van der Waals surface area contributed by atoms with E-state index in [2.05, 4.69) is 21.0 Å². The van der Waals surface area contributed by atoms with E-state index in [0.29, 0.717) is 12.2 Å². The van der Waals surface area contributed by atoms with Gasteiger partial charge < -0.3 is 5.73 Å². The summed E-state index contributed by atoms with van der Waals surface area (Å²) in [5.74, 6) is -0.495. The lowest BCUT2D eigenvalue weighted by Crippen LogP contribution is -1.96. The van der Waals surface area contributed by atoms with Crippen LogP contribution in [-0.4, -0.2) is 21.5 Å². The molecule has 0 amide bonds. The summed E-state index contributed by atoms with van der Waals surface area (Å²) in [5.41, 5.74) is 8.99. The summed E-state index contributed by atoms with van der Waals surface area (Å²) in [6.45, 7) is 2.64. The maximum Gasteiger partial charge on any atom is 0.212 e. The lowest BCUT2D eigenvalue weighted by molar-refractivity contribution is 0.584. The predicted octanol–water partition coefficient (Wildman–Crippen LogP) is 3.64. The van der Waals surface area contributed by atoms with Gasteiger partial charge in [-0.3, -0.25) is 0 Å². The maximum atomic E-state index is 12.9. The molecule has 0 fully saturated rings. The number of thiazole rings is 1. The number of aromatic nitrogens is 3. The van der Waals surface area contributed by atoms with Crippen LogP contribution in [0.4, 0.5) is 4.39 Å². The molecule has 0 aliphatic heterocycles. The quantitative estimate of drug-likeness (QED) is 0.747. The van der Waals surface area contributed by atoms with Gasteiger partial charge in [0, 0.05) is 11.8 Å². The molecule has 0 bridgehead atoms. The average molecular weight is 314 g/mol. The van der Waals surface area contributed by atoms with E-state index in [1.54, 1.807) is 6.07 Å². The predicted molar refractivity (Wildman–Crippen MR) is 87.9 cm³/mol. The molecule has 0 aliphatic rings. The third-order valence-corrected chi connectivity index (χ3v) is 4.31. The SMILES string of the molecule is C/C(=C\CCN)c1ccc2sc(-c3ccc(F)nc3)nc2n1. The second-order valence-corrected chi connectivity index (χ2v) is 5.90. The van der Waals surface area contributed by atoms with Gasteiger partial charge in [0.2, 0.25) is 5.95 Å². The first-order chi connectivity index (χ1) is 10.7. The Hall–Kier alpha value is -2.18. The normalized spacial score (nSPS) is 12.0. The molecule has 6 heteroatoms. The van der Waals surface area contributed by atoms with Crippen LogP contribution in [0, 0.1) is 5.95 Å². The summed E-state index contributed by atoms with van der Waals surface area (Å²) in [7, 11) is 0. The number of hydrogen-bond acceptors (Lipinski definition) is 5. The summed E-state index contributed by atoms with van der Waals surface area (Å²) in [6.07, 6.45) is 4.39. The zero-order valence-electron chi connectivity index (χ0n) is 12.1. The van der Waals surface area contributed by atoms with Crippen molar-refractivity contribution in [3.8, 4) is 10.6 Å². The van der Waals surface area contributed by atoms with E-state index < -0.39 is 5.95 Å². The summed E-state index contributed by atoms with van der Waals surface area (Å²) >= 11 is 1.52. The number of fused-ring (bicyclic) bond motifs is 1. The Morgan fingerprint density at radius 1 is 1.27 bits per heavy atom. The van der Waals surface area contributed by atoms with Gasteiger partial charge in [-0.1, -0.05) is 6.08 Å². The van der Waals surface area contributed by atoms with Crippen molar-refractivity contribution >= 4 is 27.3 Å². The third-order valence-electron chi connectivity index (χ3n) is 3.25. The van der Waals surface area contributed by atoms with Gasteiger partial charge in [-0.05, 0) is 49.7 Å². The Bertz CT molecular complexity index is 824. The van der Waals surface area contributed by atoms with Crippen LogP contribution in [-0.2, 0) is 0 Å². The van der Waals surface area contributed by atoms with Crippen molar-refractivity contribution in [1.29, 1.82) is 0 Å². The van der Waals surface area contributed by atoms with Crippen molar-refractivity contribution in [3.63, 3.8) is 0 Å². The molecular formula is C16H15FN4S. The average Bonchev–Trinajstić information content (AvgIpc) is 2.96.